The molecule has 0 radical (unpaired) electrons. The van der Waals surface area contributed by atoms with Gasteiger partial charge >= 0.3 is 0 Å². The van der Waals surface area contributed by atoms with Crippen molar-refractivity contribution >= 4 is 11.5 Å². The van der Waals surface area contributed by atoms with Gasteiger partial charge in [-0.3, -0.25) is 0 Å². The molecule has 6 nitrogen and oxygen atoms in total. The van der Waals surface area contributed by atoms with Crippen molar-refractivity contribution in [3.63, 3.8) is 0 Å². The van der Waals surface area contributed by atoms with Crippen molar-refractivity contribution in [3.8, 4) is 0 Å². The monoisotopic (exact) mass is 334 g/mol. The van der Waals surface area contributed by atoms with E-state index < -0.39 is 0 Å². The summed E-state index contributed by atoms with van der Waals surface area (Å²) < 4.78 is 5.77. The second-order valence-electron chi connectivity index (χ2n) is 5.23. The van der Waals surface area contributed by atoms with E-state index in [9.17, 15) is 0 Å². The minimum Gasteiger partial charge on any atom is -0.348 e. The molecule has 0 bridgehead atoms. The van der Waals surface area contributed by atoms with Gasteiger partial charge < -0.3 is 9.55 Å². The van der Waals surface area contributed by atoms with Crippen LogP contribution in [0, 0.1) is 27.7 Å². The topological polar surface area (TPSA) is 72.3 Å². The molecule has 0 saturated heterocycles. The maximum atomic E-state index is 4.17. The molecule has 0 fully saturated rings. The molecule has 0 amide bonds. The molecule has 126 valence electrons. The van der Waals surface area contributed by atoms with E-state index >= 15 is 0 Å². The highest BCUT2D eigenvalue weighted by Gasteiger charge is 1.94. The van der Waals surface area contributed by atoms with Gasteiger partial charge in [0.05, 0.1) is 17.7 Å². The molecule has 3 aromatic heterocycles. The Morgan fingerprint density at radius 1 is 1.13 bits per heavy atom. The first-order chi connectivity index (χ1) is 11.0. The SMILES string of the molecule is CCCc1nccn1C.Cc1nc[nH]c1C.Cc1nnsc1C. The number of nitrogens with zero attached hydrogens (tertiary/aromatic N) is 5. The third-order valence-electron chi connectivity index (χ3n) is 3.35. The van der Waals surface area contributed by atoms with Crippen molar-refractivity contribution in [2.45, 2.75) is 47.5 Å². The van der Waals surface area contributed by atoms with E-state index in [2.05, 4.69) is 36.0 Å². The van der Waals surface area contributed by atoms with Gasteiger partial charge in [0, 0.05) is 36.4 Å². The molecular formula is C16H26N6S. The molecule has 0 unspecified atom stereocenters. The molecule has 3 heterocycles. The van der Waals surface area contributed by atoms with Crippen LogP contribution < -0.4 is 0 Å². The number of hydrogen-bond acceptors (Lipinski definition) is 5. The third-order valence-corrected chi connectivity index (χ3v) is 4.09. The molecule has 3 aromatic rings. The van der Waals surface area contributed by atoms with Gasteiger partial charge in [-0.05, 0) is 45.6 Å². The van der Waals surface area contributed by atoms with E-state index in [1.165, 1.54) is 28.7 Å². The van der Waals surface area contributed by atoms with E-state index in [4.69, 9.17) is 0 Å². The summed E-state index contributed by atoms with van der Waals surface area (Å²) in [6, 6.07) is 0. The van der Waals surface area contributed by atoms with Crippen LogP contribution in [0.4, 0.5) is 0 Å². The quantitative estimate of drug-likeness (QED) is 0.778. The first-order valence-electron chi connectivity index (χ1n) is 7.64. The highest BCUT2D eigenvalue weighted by molar-refractivity contribution is 7.05. The Morgan fingerprint density at radius 3 is 2.13 bits per heavy atom. The molecule has 0 aromatic carbocycles. The van der Waals surface area contributed by atoms with E-state index in [1.54, 1.807) is 6.33 Å². The highest BCUT2D eigenvalue weighted by Crippen LogP contribution is 2.04. The molecule has 0 saturated carbocycles. The predicted octanol–water partition coefficient (Wildman–Crippen LogP) is 3.55. The smallest absolute Gasteiger partial charge is 0.108 e. The molecule has 23 heavy (non-hydrogen) atoms. The number of rotatable bonds is 2. The summed E-state index contributed by atoms with van der Waals surface area (Å²) in [5, 5.41) is 3.78. The fourth-order valence-electron chi connectivity index (χ4n) is 1.57. The van der Waals surface area contributed by atoms with Gasteiger partial charge in [-0.25, -0.2) is 9.97 Å². The number of aromatic amines is 1. The Kier molecular flexibility index (Phi) is 8.18. The normalized spacial score (nSPS) is 9.65. The summed E-state index contributed by atoms with van der Waals surface area (Å²) in [6.07, 6.45) is 7.77. The van der Waals surface area contributed by atoms with E-state index in [0.29, 0.717) is 0 Å². The summed E-state index contributed by atoms with van der Waals surface area (Å²) in [7, 11) is 2.03. The zero-order chi connectivity index (χ0) is 17.2. The number of imidazole rings is 2. The average Bonchev–Trinajstić information content (AvgIpc) is 3.20. The average molecular weight is 334 g/mol. The lowest BCUT2D eigenvalue weighted by Crippen LogP contribution is -1.95. The molecule has 7 heteroatoms. The van der Waals surface area contributed by atoms with Crippen molar-refractivity contribution in [3.05, 3.63) is 46.5 Å². The Bertz CT molecular complexity index is 611. The van der Waals surface area contributed by atoms with Crippen molar-refractivity contribution in [1.82, 2.24) is 29.1 Å². The van der Waals surface area contributed by atoms with E-state index in [-0.39, 0.29) is 0 Å². The maximum Gasteiger partial charge on any atom is 0.108 e. The van der Waals surface area contributed by atoms with E-state index in [1.807, 2.05) is 47.1 Å². The highest BCUT2D eigenvalue weighted by atomic mass is 32.1. The standard InChI is InChI=1S/C7H12N2.C5H8N2.C4H6N2S/c1-3-4-7-8-5-6-9(7)2;1-4-5(2)7-3-6-4;1-3-4(2)7-6-5-3/h5-6H,3-4H2,1-2H3;3H,1-2H3,(H,6,7);1-2H3. The Morgan fingerprint density at radius 2 is 1.87 bits per heavy atom. The summed E-state index contributed by atoms with van der Waals surface area (Å²) in [6.45, 7) is 10.1. The summed E-state index contributed by atoms with van der Waals surface area (Å²) in [5.41, 5.74) is 3.28. The number of hydrogen-bond donors (Lipinski definition) is 1. The molecular weight excluding hydrogens is 308 g/mol. The van der Waals surface area contributed by atoms with Gasteiger partial charge in [0.25, 0.3) is 0 Å². The zero-order valence-corrected chi connectivity index (χ0v) is 15.6. The Hall–Kier alpha value is -2.02. The number of aromatic nitrogens is 6. The first kappa shape index (κ1) is 19.0. The summed E-state index contributed by atoms with van der Waals surface area (Å²) in [4.78, 5) is 12.3. The van der Waals surface area contributed by atoms with Gasteiger partial charge in [0.2, 0.25) is 0 Å². The van der Waals surface area contributed by atoms with Crippen molar-refractivity contribution in [2.75, 3.05) is 0 Å². The van der Waals surface area contributed by atoms with Crippen molar-refractivity contribution in [1.29, 1.82) is 0 Å². The lowest BCUT2D eigenvalue weighted by molar-refractivity contribution is 0.759. The van der Waals surface area contributed by atoms with Crippen LogP contribution in [0.3, 0.4) is 0 Å². The van der Waals surface area contributed by atoms with Crippen LogP contribution in [0.2, 0.25) is 0 Å². The lowest BCUT2D eigenvalue weighted by Gasteiger charge is -1.95. The maximum absolute atomic E-state index is 4.17. The number of nitrogens with one attached hydrogen (secondary N) is 1. The van der Waals surface area contributed by atoms with Crippen LogP contribution in [0.15, 0.2) is 18.7 Å². The van der Waals surface area contributed by atoms with Crippen LogP contribution in [0.25, 0.3) is 0 Å². The van der Waals surface area contributed by atoms with Gasteiger partial charge in [-0.15, -0.1) is 5.10 Å². The molecule has 1 N–H and O–H groups in total. The van der Waals surface area contributed by atoms with Crippen LogP contribution in [0.5, 0.6) is 0 Å². The largest absolute Gasteiger partial charge is 0.348 e. The van der Waals surface area contributed by atoms with E-state index in [0.717, 1.165) is 23.5 Å². The fourth-order valence-corrected chi connectivity index (χ4v) is 2.03. The molecule has 0 aliphatic heterocycles. The zero-order valence-electron chi connectivity index (χ0n) is 14.8. The summed E-state index contributed by atoms with van der Waals surface area (Å²) >= 11 is 1.44. The van der Waals surface area contributed by atoms with Crippen LogP contribution in [-0.4, -0.2) is 29.1 Å². The second-order valence-corrected chi connectivity index (χ2v) is 6.19. The van der Waals surface area contributed by atoms with Gasteiger partial charge in [0.15, 0.2) is 0 Å². The third kappa shape index (κ3) is 6.73. The minimum atomic E-state index is 1.05. The van der Waals surface area contributed by atoms with Crippen molar-refractivity contribution < 1.29 is 0 Å². The molecule has 3 rings (SSSR count). The van der Waals surface area contributed by atoms with Crippen LogP contribution in [-0.2, 0) is 13.5 Å². The van der Waals surface area contributed by atoms with Gasteiger partial charge in [-0.1, -0.05) is 11.4 Å². The number of H-pyrrole nitrogens is 1. The molecule has 0 spiro atoms. The fraction of sp³-hybridized carbons (Fsp3) is 0.500. The number of aryl methyl sites for hydroxylation is 6. The van der Waals surface area contributed by atoms with Gasteiger partial charge in [0.1, 0.15) is 5.82 Å². The Labute approximate surface area is 142 Å². The second kappa shape index (κ2) is 9.89. The van der Waals surface area contributed by atoms with Crippen LogP contribution >= 0.6 is 11.5 Å². The minimum absolute atomic E-state index is 1.05. The first-order valence-corrected chi connectivity index (χ1v) is 8.41. The van der Waals surface area contributed by atoms with Crippen LogP contribution in [0.1, 0.15) is 41.1 Å². The summed E-state index contributed by atoms with van der Waals surface area (Å²) in [5.74, 6) is 1.18. The predicted molar refractivity (Wildman–Crippen MR) is 94.6 cm³/mol. The lowest BCUT2D eigenvalue weighted by atomic mass is 10.3. The molecule has 0 atom stereocenters. The van der Waals surface area contributed by atoms with Crippen molar-refractivity contribution in [2.24, 2.45) is 7.05 Å². The molecule has 0 aliphatic carbocycles. The molecule has 0 aliphatic rings. The van der Waals surface area contributed by atoms with Gasteiger partial charge in [-0.2, -0.15) is 0 Å². The Balaban J connectivity index is 0.000000175.